The molecular weight excluding hydrogens is 336 g/mol. The van der Waals surface area contributed by atoms with E-state index in [1.807, 2.05) is 55.0 Å². The van der Waals surface area contributed by atoms with Gasteiger partial charge in [-0.3, -0.25) is 0 Å². The summed E-state index contributed by atoms with van der Waals surface area (Å²) in [6.07, 6.45) is 0.706. The molecule has 4 aromatic rings. The third-order valence-corrected chi connectivity index (χ3v) is 4.60. The number of rotatable bonds is 5. The maximum Gasteiger partial charge on any atom is 0.156 e. The van der Waals surface area contributed by atoms with Crippen LogP contribution in [-0.4, -0.2) is 35.8 Å². The van der Waals surface area contributed by atoms with E-state index in [0.29, 0.717) is 6.42 Å². The molecule has 0 N–H and O–H groups in total. The molecule has 0 aliphatic heterocycles. The number of hydrogen-bond acceptors (Lipinski definition) is 4. The summed E-state index contributed by atoms with van der Waals surface area (Å²) >= 11 is 0. The largest absolute Gasteiger partial charge is 0.497 e. The smallest absolute Gasteiger partial charge is 0.156 e. The van der Waals surface area contributed by atoms with Gasteiger partial charge in [-0.1, -0.05) is 18.2 Å². The summed E-state index contributed by atoms with van der Waals surface area (Å²) in [5.41, 5.74) is 5.32. The third-order valence-electron chi connectivity index (χ3n) is 4.60. The van der Waals surface area contributed by atoms with E-state index in [0.717, 1.165) is 28.5 Å². The number of aromatic nitrogens is 3. The molecule has 0 spiro atoms. The molecule has 2 heterocycles. The van der Waals surface area contributed by atoms with Gasteiger partial charge in [-0.15, -0.1) is 0 Å². The van der Waals surface area contributed by atoms with Crippen molar-refractivity contribution in [1.82, 2.24) is 14.6 Å². The lowest BCUT2D eigenvalue weighted by molar-refractivity contribution is 0.415. The molecule has 0 aliphatic carbocycles. The first kappa shape index (κ1) is 17.1. The first-order valence-corrected chi connectivity index (χ1v) is 8.89. The fourth-order valence-corrected chi connectivity index (χ4v) is 3.10. The molecule has 0 saturated heterocycles. The lowest BCUT2D eigenvalue weighted by Gasteiger charge is -2.12. The zero-order chi connectivity index (χ0) is 18.8. The highest BCUT2D eigenvalue weighted by molar-refractivity contribution is 5.63. The molecule has 0 amide bonds. The van der Waals surface area contributed by atoms with Gasteiger partial charge in [-0.25, -0.2) is 9.50 Å². The highest BCUT2D eigenvalue weighted by Gasteiger charge is 2.10. The SMILES string of the molecule is COc1ccc(-c2cccc3nc(Cc4ccc(N(C)C)cc4)nn23)cc1. The van der Waals surface area contributed by atoms with Crippen LogP contribution >= 0.6 is 0 Å². The van der Waals surface area contributed by atoms with E-state index in [1.54, 1.807) is 7.11 Å². The average Bonchev–Trinajstić information content (AvgIpc) is 3.11. The average molecular weight is 358 g/mol. The van der Waals surface area contributed by atoms with Gasteiger partial charge in [-0.05, 0) is 54.1 Å². The highest BCUT2D eigenvalue weighted by Crippen LogP contribution is 2.23. The van der Waals surface area contributed by atoms with Crippen molar-refractivity contribution in [3.8, 4) is 17.0 Å². The molecule has 27 heavy (non-hydrogen) atoms. The second-order valence-corrected chi connectivity index (χ2v) is 6.68. The second kappa shape index (κ2) is 7.11. The van der Waals surface area contributed by atoms with Crippen molar-refractivity contribution in [3.05, 3.63) is 78.1 Å². The fourth-order valence-electron chi connectivity index (χ4n) is 3.10. The topological polar surface area (TPSA) is 42.7 Å². The summed E-state index contributed by atoms with van der Waals surface area (Å²) in [6.45, 7) is 0. The number of benzene rings is 2. The molecule has 2 aromatic heterocycles. The summed E-state index contributed by atoms with van der Waals surface area (Å²) in [6, 6.07) is 22.5. The molecule has 4 rings (SSSR count). The van der Waals surface area contributed by atoms with Gasteiger partial charge in [0.05, 0.1) is 12.8 Å². The molecule has 0 radical (unpaired) electrons. The van der Waals surface area contributed by atoms with E-state index >= 15 is 0 Å². The van der Waals surface area contributed by atoms with Crippen molar-refractivity contribution >= 4 is 11.3 Å². The van der Waals surface area contributed by atoms with Crippen molar-refractivity contribution in [1.29, 1.82) is 0 Å². The molecule has 5 nitrogen and oxygen atoms in total. The minimum Gasteiger partial charge on any atom is -0.497 e. The van der Waals surface area contributed by atoms with Gasteiger partial charge in [0.2, 0.25) is 0 Å². The van der Waals surface area contributed by atoms with Gasteiger partial charge in [0.15, 0.2) is 11.5 Å². The van der Waals surface area contributed by atoms with Crippen LogP contribution < -0.4 is 9.64 Å². The summed E-state index contributed by atoms with van der Waals surface area (Å²) in [4.78, 5) is 6.79. The molecule has 2 aromatic carbocycles. The summed E-state index contributed by atoms with van der Waals surface area (Å²) in [5.74, 6) is 1.65. The zero-order valence-corrected chi connectivity index (χ0v) is 15.8. The second-order valence-electron chi connectivity index (χ2n) is 6.68. The van der Waals surface area contributed by atoms with Crippen LogP contribution in [0.5, 0.6) is 5.75 Å². The summed E-state index contributed by atoms with van der Waals surface area (Å²) in [5, 5.41) is 4.75. The first-order valence-electron chi connectivity index (χ1n) is 8.89. The van der Waals surface area contributed by atoms with Crippen LogP contribution in [-0.2, 0) is 6.42 Å². The Bertz CT molecular complexity index is 1050. The maximum absolute atomic E-state index is 5.25. The first-order chi connectivity index (χ1) is 13.1. The molecule has 0 saturated carbocycles. The molecule has 0 atom stereocenters. The standard InChI is InChI=1S/C22H22N4O/c1-25(2)18-11-7-16(8-12-18)15-21-23-22-6-4-5-20(26(22)24-21)17-9-13-19(27-3)14-10-17/h4-14H,15H2,1-3H3. The predicted molar refractivity (Wildman–Crippen MR) is 109 cm³/mol. The monoisotopic (exact) mass is 358 g/mol. The van der Waals surface area contributed by atoms with E-state index in [1.165, 1.54) is 11.3 Å². The van der Waals surface area contributed by atoms with E-state index in [4.69, 9.17) is 14.8 Å². The number of methoxy groups -OCH3 is 1. The van der Waals surface area contributed by atoms with Crippen molar-refractivity contribution in [2.24, 2.45) is 0 Å². The number of nitrogens with zero attached hydrogens (tertiary/aromatic N) is 4. The lowest BCUT2D eigenvalue weighted by atomic mass is 10.1. The molecule has 5 heteroatoms. The van der Waals surface area contributed by atoms with Crippen LogP contribution in [0.1, 0.15) is 11.4 Å². The number of anilines is 1. The molecular formula is C22H22N4O. The van der Waals surface area contributed by atoms with Crippen LogP contribution in [0.2, 0.25) is 0 Å². The van der Waals surface area contributed by atoms with Crippen LogP contribution in [0.25, 0.3) is 16.9 Å². The maximum atomic E-state index is 5.25. The quantitative estimate of drug-likeness (QED) is 0.539. The Hall–Kier alpha value is -3.34. The number of hydrogen-bond donors (Lipinski definition) is 0. The molecule has 0 unspecified atom stereocenters. The molecule has 136 valence electrons. The Morgan fingerprint density at radius 2 is 1.67 bits per heavy atom. The number of fused-ring (bicyclic) bond motifs is 1. The van der Waals surface area contributed by atoms with Crippen LogP contribution in [0.4, 0.5) is 5.69 Å². The van der Waals surface area contributed by atoms with Crippen molar-refractivity contribution in [3.63, 3.8) is 0 Å². The Labute approximate surface area is 158 Å². The zero-order valence-electron chi connectivity index (χ0n) is 15.8. The Balaban J connectivity index is 1.65. The Morgan fingerprint density at radius 1 is 0.926 bits per heavy atom. The third kappa shape index (κ3) is 3.49. The van der Waals surface area contributed by atoms with Gasteiger partial charge >= 0.3 is 0 Å². The van der Waals surface area contributed by atoms with E-state index < -0.39 is 0 Å². The van der Waals surface area contributed by atoms with Gasteiger partial charge in [0.1, 0.15) is 5.75 Å². The predicted octanol–water partition coefficient (Wildman–Crippen LogP) is 4.06. The van der Waals surface area contributed by atoms with Crippen molar-refractivity contribution < 1.29 is 4.74 Å². The minimum absolute atomic E-state index is 0.706. The number of ether oxygens (including phenoxy) is 1. The van der Waals surface area contributed by atoms with Gasteiger partial charge in [-0.2, -0.15) is 5.10 Å². The van der Waals surface area contributed by atoms with Crippen molar-refractivity contribution in [2.75, 3.05) is 26.1 Å². The van der Waals surface area contributed by atoms with Gasteiger partial charge in [0.25, 0.3) is 0 Å². The molecule has 0 aliphatic rings. The van der Waals surface area contributed by atoms with E-state index in [9.17, 15) is 0 Å². The minimum atomic E-state index is 0.706. The lowest BCUT2D eigenvalue weighted by Crippen LogP contribution is -2.08. The van der Waals surface area contributed by atoms with Gasteiger partial charge < -0.3 is 9.64 Å². The van der Waals surface area contributed by atoms with Gasteiger partial charge in [0, 0.05) is 31.8 Å². The highest BCUT2D eigenvalue weighted by atomic mass is 16.5. The van der Waals surface area contributed by atoms with Crippen LogP contribution in [0.3, 0.4) is 0 Å². The Morgan fingerprint density at radius 3 is 2.33 bits per heavy atom. The Kier molecular flexibility index (Phi) is 4.50. The van der Waals surface area contributed by atoms with Crippen LogP contribution in [0, 0.1) is 0 Å². The fraction of sp³-hybridized carbons (Fsp3) is 0.182. The van der Waals surface area contributed by atoms with Crippen LogP contribution in [0.15, 0.2) is 66.7 Å². The number of pyridine rings is 1. The van der Waals surface area contributed by atoms with E-state index in [2.05, 4.69) is 35.2 Å². The normalized spacial score (nSPS) is 10.9. The van der Waals surface area contributed by atoms with Crippen molar-refractivity contribution in [2.45, 2.75) is 6.42 Å². The summed E-state index contributed by atoms with van der Waals surface area (Å²) in [7, 11) is 5.75. The van der Waals surface area contributed by atoms with E-state index in [-0.39, 0.29) is 0 Å². The summed E-state index contributed by atoms with van der Waals surface area (Å²) < 4.78 is 7.16. The molecule has 0 bridgehead atoms. The molecule has 0 fully saturated rings.